The summed E-state index contributed by atoms with van der Waals surface area (Å²) in [6.07, 6.45) is 3.56. The van der Waals surface area contributed by atoms with E-state index >= 15 is 0 Å². The van der Waals surface area contributed by atoms with Crippen LogP contribution in [0.5, 0.6) is 0 Å². The molecule has 0 fully saturated rings. The number of nitrogens with zero attached hydrogens (tertiary/aromatic N) is 4. The van der Waals surface area contributed by atoms with E-state index in [4.69, 9.17) is 5.73 Å². The summed E-state index contributed by atoms with van der Waals surface area (Å²) in [4.78, 5) is 4.37. The number of fused-ring (bicyclic) bond motifs is 1. The van der Waals surface area contributed by atoms with Gasteiger partial charge in [-0.15, -0.1) is 0 Å². The van der Waals surface area contributed by atoms with Gasteiger partial charge in [-0.1, -0.05) is 19.8 Å². The summed E-state index contributed by atoms with van der Waals surface area (Å²) in [6, 6.07) is 0. The molecule has 5 heteroatoms. The van der Waals surface area contributed by atoms with Gasteiger partial charge in [0.2, 0.25) is 5.95 Å². The zero-order chi connectivity index (χ0) is 11.7. The highest BCUT2D eigenvalue weighted by Gasteiger charge is 2.14. The van der Waals surface area contributed by atoms with Gasteiger partial charge in [0.05, 0.1) is 5.69 Å². The van der Waals surface area contributed by atoms with E-state index in [1.54, 1.807) is 0 Å². The molecule has 0 amide bonds. The zero-order valence-corrected chi connectivity index (χ0v) is 10.2. The van der Waals surface area contributed by atoms with E-state index in [0.717, 1.165) is 29.8 Å². The largest absolute Gasteiger partial charge is 0.369 e. The zero-order valence-electron chi connectivity index (χ0n) is 10.2. The van der Waals surface area contributed by atoms with Crippen LogP contribution in [0.2, 0.25) is 0 Å². The lowest BCUT2D eigenvalue weighted by molar-refractivity contribution is 0.604. The lowest BCUT2D eigenvalue weighted by Crippen LogP contribution is -2.07. The first-order valence-electron chi connectivity index (χ1n) is 5.80. The SMILES string of the molecule is CCCCCn1c(N)nc2c(C)nn(C)c21. The maximum absolute atomic E-state index is 5.93. The normalized spacial score (nSPS) is 11.4. The Hall–Kier alpha value is -1.52. The summed E-state index contributed by atoms with van der Waals surface area (Å²) in [5.74, 6) is 0.599. The smallest absolute Gasteiger partial charge is 0.202 e. The number of aromatic nitrogens is 4. The molecule has 2 aromatic rings. The number of aryl methyl sites for hydroxylation is 3. The number of nitrogen functional groups attached to an aromatic ring is 1. The number of nitrogens with two attached hydrogens (primary N) is 1. The van der Waals surface area contributed by atoms with Crippen molar-refractivity contribution >= 4 is 17.1 Å². The number of imidazole rings is 1. The molecule has 2 N–H and O–H groups in total. The molecule has 0 spiro atoms. The lowest BCUT2D eigenvalue weighted by atomic mass is 10.2. The minimum atomic E-state index is 0.599. The Morgan fingerprint density at radius 1 is 1.31 bits per heavy atom. The van der Waals surface area contributed by atoms with E-state index in [9.17, 15) is 0 Å². The Balaban J connectivity index is 2.38. The van der Waals surface area contributed by atoms with Crippen molar-refractivity contribution in [3.05, 3.63) is 5.69 Å². The van der Waals surface area contributed by atoms with Crippen LogP contribution < -0.4 is 5.73 Å². The van der Waals surface area contributed by atoms with Gasteiger partial charge in [0.15, 0.2) is 5.65 Å². The molecule has 5 nitrogen and oxygen atoms in total. The molecule has 16 heavy (non-hydrogen) atoms. The minimum absolute atomic E-state index is 0.599. The van der Waals surface area contributed by atoms with Crippen LogP contribution in [0.3, 0.4) is 0 Å². The molecule has 0 saturated carbocycles. The third kappa shape index (κ3) is 1.66. The van der Waals surface area contributed by atoms with E-state index in [2.05, 4.69) is 21.6 Å². The minimum Gasteiger partial charge on any atom is -0.369 e. The van der Waals surface area contributed by atoms with E-state index < -0.39 is 0 Å². The van der Waals surface area contributed by atoms with Gasteiger partial charge in [-0.3, -0.25) is 9.25 Å². The maximum atomic E-state index is 5.93. The molecule has 0 unspecified atom stereocenters. The Morgan fingerprint density at radius 2 is 2.06 bits per heavy atom. The number of unbranched alkanes of at least 4 members (excludes halogenated alkanes) is 2. The molecule has 88 valence electrons. The predicted octanol–water partition coefficient (Wildman–Crippen LogP) is 1.85. The van der Waals surface area contributed by atoms with Crippen LogP contribution in [0.1, 0.15) is 31.9 Å². The molecule has 0 saturated heterocycles. The summed E-state index contributed by atoms with van der Waals surface area (Å²) >= 11 is 0. The summed E-state index contributed by atoms with van der Waals surface area (Å²) in [5, 5.41) is 4.36. The van der Waals surface area contributed by atoms with E-state index in [0.29, 0.717) is 5.95 Å². The Kier molecular flexibility index (Phi) is 2.85. The molecule has 0 bridgehead atoms. The van der Waals surface area contributed by atoms with Gasteiger partial charge < -0.3 is 5.73 Å². The van der Waals surface area contributed by atoms with Gasteiger partial charge in [0.1, 0.15) is 5.52 Å². The Bertz CT molecular complexity index is 494. The van der Waals surface area contributed by atoms with Crippen molar-refractivity contribution in [2.75, 3.05) is 5.73 Å². The molecular formula is C11H19N5. The van der Waals surface area contributed by atoms with Gasteiger partial charge in [-0.2, -0.15) is 5.10 Å². The monoisotopic (exact) mass is 221 g/mol. The lowest BCUT2D eigenvalue weighted by Gasteiger charge is -2.05. The fraction of sp³-hybridized carbons (Fsp3) is 0.636. The van der Waals surface area contributed by atoms with Gasteiger partial charge >= 0.3 is 0 Å². The van der Waals surface area contributed by atoms with Crippen LogP contribution in [-0.4, -0.2) is 19.3 Å². The topological polar surface area (TPSA) is 61.7 Å². The average molecular weight is 221 g/mol. The van der Waals surface area contributed by atoms with Crippen LogP contribution in [0, 0.1) is 6.92 Å². The highest BCUT2D eigenvalue weighted by Crippen LogP contribution is 2.20. The second-order valence-corrected chi connectivity index (χ2v) is 4.21. The number of hydrogen-bond acceptors (Lipinski definition) is 3. The summed E-state index contributed by atoms with van der Waals surface area (Å²) in [7, 11) is 1.94. The number of hydrogen-bond donors (Lipinski definition) is 1. The average Bonchev–Trinajstić information content (AvgIpc) is 2.69. The fourth-order valence-corrected chi connectivity index (χ4v) is 2.09. The van der Waals surface area contributed by atoms with Crippen LogP contribution in [0.25, 0.3) is 11.2 Å². The highest BCUT2D eigenvalue weighted by molar-refractivity contribution is 5.77. The van der Waals surface area contributed by atoms with Crippen LogP contribution in [0.15, 0.2) is 0 Å². The van der Waals surface area contributed by atoms with Gasteiger partial charge in [-0.25, -0.2) is 4.98 Å². The van der Waals surface area contributed by atoms with Gasteiger partial charge in [0, 0.05) is 13.6 Å². The molecule has 2 heterocycles. The first kappa shape index (κ1) is 11.0. The second-order valence-electron chi connectivity index (χ2n) is 4.21. The summed E-state index contributed by atoms with van der Waals surface area (Å²) in [5.41, 5.74) is 8.83. The van der Waals surface area contributed by atoms with E-state index in [-0.39, 0.29) is 0 Å². The molecule has 0 radical (unpaired) electrons. The van der Waals surface area contributed by atoms with Crippen LogP contribution >= 0.6 is 0 Å². The first-order chi connectivity index (χ1) is 7.65. The second kappa shape index (κ2) is 4.15. The standard InChI is InChI=1S/C11H19N5/c1-4-5-6-7-16-10-9(13-11(16)12)8(2)14-15(10)3/h4-7H2,1-3H3,(H2,12,13). The third-order valence-electron chi connectivity index (χ3n) is 2.90. The first-order valence-corrected chi connectivity index (χ1v) is 5.80. The molecule has 2 rings (SSSR count). The quantitative estimate of drug-likeness (QED) is 0.801. The predicted molar refractivity (Wildman–Crippen MR) is 65.2 cm³/mol. The van der Waals surface area contributed by atoms with Crippen molar-refractivity contribution in [3.63, 3.8) is 0 Å². The highest BCUT2D eigenvalue weighted by atomic mass is 15.3. The molecule has 0 aliphatic heterocycles. The van der Waals surface area contributed by atoms with Crippen LogP contribution in [-0.2, 0) is 13.6 Å². The number of rotatable bonds is 4. The Labute approximate surface area is 95.3 Å². The van der Waals surface area contributed by atoms with Crippen molar-refractivity contribution in [2.45, 2.75) is 39.7 Å². The van der Waals surface area contributed by atoms with Crippen molar-refractivity contribution in [1.29, 1.82) is 0 Å². The number of anilines is 1. The van der Waals surface area contributed by atoms with Gasteiger partial charge in [0.25, 0.3) is 0 Å². The van der Waals surface area contributed by atoms with Crippen molar-refractivity contribution in [3.8, 4) is 0 Å². The van der Waals surface area contributed by atoms with Crippen molar-refractivity contribution in [1.82, 2.24) is 19.3 Å². The molecule has 0 aliphatic carbocycles. The maximum Gasteiger partial charge on any atom is 0.202 e. The van der Waals surface area contributed by atoms with E-state index in [1.165, 1.54) is 12.8 Å². The Morgan fingerprint density at radius 3 is 2.75 bits per heavy atom. The van der Waals surface area contributed by atoms with Crippen molar-refractivity contribution < 1.29 is 0 Å². The fourth-order valence-electron chi connectivity index (χ4n) is 2.09. The molecule has 0 atom stereocenters. The van der Waals surface area contributed by atoms with Gasteiger partial charge in [-0.05, 0) is 13.3 Å². The molecule has 2 aromatic heterocycles. The molecular weight excluding hydrogens is 202 g/mol. The van der Waals surface area contributed by atoms with E-state index in [1.807, 2.05) is 18.7 Å². The summed E-state index contributed by atoms with van der Waals surface area (Å²) < 4.78 is 3.92. The molecule has 0 aliphatic rings. The third-order valence-corrected chi connectivity index (χ3v) is 2.90. The van der Waals surface area contributed by atoms with Crippen LogP contribution in [0.4, 0.5) is 5.95 Å². The summed E-state index contributed by atoms with van der Waals surface area (Å²) in [6.45, 7) is 5.08. The van der Waals surface area contributed by atoms with Crippen molar-refractivity contribution in [2.24, 2.45) is 7.05 Å². The molecule has 0 aromatic carbocycles.